The third-order valence-corrected chi connectivity index (χ3v) is 3.81. The van der Waals surface area contributed by atoms with Crippen molar-refractivity contribution in [2.24, 2.45) is 0 Å². The van der Waals surface area contributed by atoms with Gasteiger partial charge in [-0.2, -0.15) is 5.26 Å². The first kappa shape index (κ1) is 17.2. The molecule has 0 amide bonds. The van der Waals surface area contributed by atoms with Gasteiger partial charge in [0.1, 0.15) is 23.7 Å². The van der Waals surface area contributed by atoms with Crippen molar-refractivity contribution in [3.05, 3.63) is 72.1 Å². The minimum Gasteiger partial charge on any atom is -0.497 e. The molecule has 0 radical (unpaired) electrons. The van der Waals surface area contributed by atoms with Gasteiger partial charge in [0.15, 0.2) is 0 Å². The van der Waals surface area contributed by atoms with Crippen LogP contribution in [0.25, 0.3) is 0 Å². The molecule has 2 N–H and O–H groups in total. The maximum atomic E-state index is 8.97. The summed E-state index contributed by atoms with van der Waals surface area (Å²) in [6.45, 7) is 0.757. The van der Waals surface area contributed by atoms with Crippen LogP contribution >= 0.6 is 0 Å². The van der Waals surface area contributed by atoms with Crippen LogP contribution in [0.2, 0.25) is 0 Å². The average molecular weight is 345 g/mol. The Balaban J connectivity index is 1.57. The summed E-state index contributed by atoms with van der Waals surface area (Å²) in [5, 5.41) is 15.5. The molecule has 0 atom stereocenters. The standard InChI is InChI=1S/C20H19N5O/c1-26-18-7-5-15(6-8-18)9-10-22-19-12-20(24-14-23-19)25-17-4-2-3-16(11-17)13-21/h2-8,11-12,14H,9-10H2,1H3,(H2,22,23,24,25). The molecule has 3 aromatic rings. The van der Waals surface area contributed by atoms with Crippen LogP contribution in [-0.4, -0.2) is 23.6 Å². The van der Waals surface area contributed by atoms with Crippen LogP contribution in [0.15, 0.2) is 60.9 Å². The zero-order chi connectivity index (χ0) is 18.2. The molecule has 130 valence electrons. The fraction of sp³-hybridized carbons (Fsp3) is 0.150. The summed E-state index contributed by atoms with van der Waals surface area (Å²) in [7, 11) is 1.66. The summed E-state index contributed by atoms with van der Waals surface area (Å²) in [6.07, 6.45) is 2.38. The number of nitrogens with one attached hydrogen (secondary N) is 2. The normalized spacial score (nSPS) is 10.0. The van der Waals surface area contributed by atoms with Crippen LogP contribution in [0.4, 0.5) is 17.3 Å². The Morgan fingerprint density at radius 2 is 1.85 bits per heavy atom. The van der Waals surface area contributed by atoms with Crippen molar-refractivity contribution in [3.8, 4) is 11.8 Å². The van der Waals surface area contributed by atoms with Gasteiger partial charge in [-0.15, -0.1) is 0 Å². The lowest BCUT2D eigenvalue weighted by atomic mass is 10.1. The molecule has 0 unspecified atom stereocenters. The molecule has 0 fully saturated rings. The van der Waals surface area contributed by atoms with Crippen molar-refractivity contribution in [2.45, 2.75) is 6.42 Å². The van der Waals surface area contributed by atoms with Gasteiger partial charge in [-0.3, -0.25) is 0 Å². The van der Waals surface area contributed by atoms with Crippen LogP contribution in [0.1, 0.15) is 11.1 Å². The SMILES string of the molecule is COc1ccc(CCNc2cc(Nc3cccc(C#N)c3)ncn2)cc1. The minimum atomic E-state index is 0.599. The van der Waals surface area contributed by atoms with E-state index in [1.54, 1.807) is 19.2 Å². The summed E-state index contributed by atoms with van der Waals surface area (Å²) in [5.41, 5.74) is 2.63. The van der Waals surface area contributed by atoms with Crippen molar-refractivity contribution < 1.29 is 4.74 Å². The predicted molar refractivity (Wildman–Crippen MR) is 102 cm³/mol. The van der Waals surface area contributed by atoms with Crippen molar-refractivity contribution in [1.82, 2.24) is 9.97 Å². The number of benzene rings is 2. The Kier molecular flexibility index (Phi) is 5.63. The zero-order valence-electron chi connectivity index (χ0n) is 14.4. The van der Waals surface area contributed by atoms with E-state index in [1.165, 1.54) is 11.9 Å². The van der Waals surface area contributed by atoms with Gasteiger partial charge in [0.2, 0.25) is 0 Å². The van der Waals surface area contributed by atoms with Gasteiger partial charge in [-0.05, 0) is 42.3 Å². The number of hydrogen-bond donors (Lipinski definition) is 2. The fourth-order valence-corrected chi connectivity index (χ4v) is 2.46. The third-order valence-electron chi connectivity index (χ3n) is 3.81. The molecule has 0 bridgehead atoms. The smallest absolute Gasteiger partial charge is 0.135 e. The lowest BCUT2D eigenvalue weighted by molar-refractivity contribution is 0.414. The molecule has 0 aliphatic carbocycles. The van der Waals surface area contributed by atoms with Gasteiger partial charge in [0.25, 0.3) is 0 Å². The predicted octanol–water partition coefficient (Wildman–Crippen LogP) is 3.76. The number of aromatic nitrogens is 2. The third kappa shape index (κ3) is 4.71. The summed E-state index contributed by atoms with van der Waals surface area (Å²) < 4.78 is 5.16. The van der Waals surface area contributed by atoms with Crippen LogP contribution in [0, 0.1) is 11.3 Å². The van der Waals surface area contributed by atoms with Crippen LogP contribution in [0.3, 0.4) is 0 Å². The Bertz CT molecular complexity index is 903. The minimum absolute atomic E-state index is 0.599. The summed E-state index contributed by atoms with van der Waals surface area (Å²) in [5.74, 6) is 2.27. The fourth-order valence-electron chi connectivity index (χ4n) is 2.46. The molecule has 1 heterocycles. The number of nitriles is 1. The first-order valence-corrected chi connectivity index (χ1v) is 8.23. The zero-order valence-corrected chi connectivity index (χ0v) is 14.4. The maximum absolute atomic E-state index is 8.97. The maximum Gasteiger partial charge on any atom is 0.135 e. The Labute approximate surface area is 152 Å². The molecule has 6 nitrogen and oxygen atoms in total. The molecule has 0 saturated carbocycles. The second-order valence-electron chi connectivity index (χ2n) is 5.63. The van der Waals surface area contributed by atoms with Crippen LogP contribution < -0.4 is 15.4 Å². The molecule has 0 spiro atoms. The topological polar surface area (TPSA) is 82.9 Å². The average Bonchev–Trinajstić information content (AvgIpc) is 2.69. The van der Waals surface area contributed by atoms with E-state index in [-0.39, 0.29) is 0 Å². The Morgan fingerprint density at radius 1 is 1.04 bits per heavy atom. The highest BCUT2D eigenvalue weighted by Crippen LogP contribution is 2.17. The number of rotatable bonds is 7. The molecular weight excluding hydrogens is 326 g/mol. The van der Waals surface area contributed by atoms with Crippen molar-refractivity contribution >= 4 is 17.3 Å². The molecule has 1 aromatic heterocycles. The molecule has 0 aliphatic heterocycles. The number of ether oxygens (including phenoxy) is 1. The highest BCUT2D eigenvalue weighted by atomic mass is 16.5. The first-order valence-electron chi connectivity index (χ1n) is 8.23. The molecule has 26 heavy (non-hydrogen) atoms. The van der Waals surface area contributed by atoms with Crippen molar-refractivity contribution in [3.63, 3.8) is 0 Å². The lowest BCUT2D eigenvalue weighted by Gasteiger charge is -2.09. The van der Waals surface area contributed by atoms with Crippen molar-refractivity contribution in [2.75, 3.05) is 24.3 Å². The van der Waals surface area contributed by atoms with Gasteiger partial charge < -0.3 is 15.4 Å². The second-order valence-corrected chi connectivity index (χ2v) is 5.63. The molecular formula is C20H19N5O. The van der Waals surface area contributed by atoms with Gasteiger partial charge in [0.05, 0.1) is 18.7 Å². The van der Waals surface area contributed by atoms with E-state index in [0.717, 1.165) is 30.2 Å². The van der Waals surface area contributed by atoms with E-state index in [1.807, 2.05) is 30.3 Å². The summed E-state index contributed by atoms with van der Waals surface area (Å²) in [6, 6.07) is 19.2. The van der Waals surface area contributed by atoms with E-state index in [9.17, 15) is 0 Å². The van der Waals surface area contributed by atoms with Gasteiger partial charge in [-0.1, -0.05) is 18.2 Å². The Morgan fingerprint density at radius 3 is 2.62 bits per heavy atom. The summed E-state index contributed by atoms with van der Waals surface area (Å²) >= 11 is 0. The number of anilines is 3. The monoisotopic (exact) mass is 345 g/mol. The quantitative estimate of drug-likeness (QED) is 0.678. The van der Waals surface area contributed by atoms with Gasteiger partial charge >= 0.3 is 0 Å². The molecule has 3 rings (SSSR count). The van der Waals surface area contributed by atoms with Crippen molar-refractivity contribution in [1.29, 1.82) is 5.26 Å². The molecule has 0 aliphatic rings. The number of hydrogen-bond acceptors (Lipinski definition) is 6. The van der Waals surface area contributed by atoms with E-state index in [0.29, 0.717) is 11.4 Å². The van der Waals surface area contributed by atoms with E-state index in [2.05, 4.69) is 38.8 Å². The van der Waals surface area contributed by atoms with E-state index in [4.69, 9.17) is 10.00 Å². The summed E-state index contributed by atoms with van der Waals surface area (Å²) in [4.78, 5) is 8.46. The highest BCUT2D eigenvalue weighted by molar-refractivity contribution is 5.60. The van der Waals surface area contributed by atoms with E-state index < -0.39 is 0 Å². The van der Waals surface area contributed by atoms with Gasteiger partial charge in [0, 0.05) is 18.3 Å². The Hall–Kier alpha value is -3.59. The van der Waals surface area contributed by atoms with Crippen LogP contribution in [0.5, 0.6) is 5.75 Å². The van der Waals surface area contributed by atoms with Gasteiger partial charge in [-0.25, -0.2) is 9.97 Å². The number of nitrogens with zero attached hydrogens (tertiary/aromatic N) is 3. The van der Waals surface area contributed by atoms with E-state index >= 15 is 0 Å². The second kappa shape index (κ2) is 8.49. The lowest BCUT2D eigenvalue weighted by Crippen LogP contribution is -2.07. The number of methoxy groups -OCH3 is 1. The molecule has 0 saturated heterocycles. The molecule has 2 aromatic carbocycles. The van der Waals surface area contributed by atoms with Crippen LogP contribution in [-0.2, 0) is 6.42 Å². The largest absolute Gasteiger partial charge is 0.497 e. The first-order chi connectivity index (χ1) is 12.8. The molecule has 6 heteroatoms. The highest BCUT2D eigenvalue weighted by Gasteiger charge is 2.01.